The Kier molecular flexibility index (Phi) is 5.97. The maximum absolute atomic E-state index is 12.0. The van der Waals surface area contributed by atoms with Gasteiger partial charge < -0.3 is 10.6 Å². The first kappa shape index (κ1) is 16.5. The highest BCUT2D eigenvalue weighted by atomic mass is 32.2. The van der Waals surface area contributed by atoms with E-state index in [2.05, 4.69) is 15.4 Å². The molecule has 0 fully saturated rings. The third-order valence-corrected chi connectivity index (χ3v) is 4.00. The molecule has 0 atom stereocenters. The molecule has 112 valence electrons. The number of anilines is 1. The standard InChI is InChI=1S/C13H21N3O3S/c1-10(2)8-15-13(17)9-16-20(18,19)12-6-4-11(14-3)5-7-12/h4-7,10,14,16H,8-9H2,1-3H3,(H,15,17). The fourth-order valence-corrected chi connectivity index (χ4v) is 2.41. The number of carbonyl (C=O) groups excluding carboxylic acids is 1. The van der Waals surface area contributed by atoms with Crippen LogP contribution in [0.15, 0.2) is 29.2 Å². The monoisotopic (exact) mass is 299 g/mol. The summed E-state index contributed by atoms with van der Waals surface area (Å²) in [6.45, 7) is 4.20. The highest BCUT2D eigenvalue weighted by Gasteiger charge is 2.15. The molecule has 0 aliphatic heterocycles. The molecule has 0 aliphatic carbocycles. The molecule has 0 saturated heterocycles. The van der Waals surface area contributed by atoms with Gasteiger partial charge in [-0.05, 0) is 30.2 Å². The molecule has 7 heteroatoms. The Hall–Kier alpha value is -1.60. The summed E-state index contributed by atoms with van der Waals surface area (Å²) in [5.41, 5.74) is 0.818. The summed E-state index contributed by atoms with van der Waals surface area (Å²) in [5.74, 6) is -0.0150. The van der Waals surface area contributed by atoms with Gasteiger partial charge in [0.15, 0.2) is 0 Å². The smallest absolute Gasteiger partial charge is 0.241 e. The number of nitrogens with one attached hydrogen (secondary N) is 3. The number of sulfonamides is 1. The SMILES string of the molecule is CNc1ccc(S(=O)(=O)NCC(=O)NCC(C)C)cc1. The minimum Gasteiger partial charge on any atom is -0.388 e. The largest absolute Gasteiger partial charge is 0.388 e. The summed E-state index contributed by atoms with van der Waals surface area (Å²) < 4.78 is 26.2. The first-order chi connectivity index (χ1) is 9.35. The maximum Gasteiger partial charge on any atom is 0.241 e. The molecule has 0 spiro atoms. The molecular weight excluding hydrogens is 278 g/mol. The van der Waals surface area contributed by atoms with Gasteiger partial charge in [0.1, 0.15) is 0 Å². The Morgan fingerprint density at radius 2 is 1.80 bits per heavy atom. The van der Waals surface area contributed by atoms with Gasteiger partial charge in [-0.3, -0.25) is 4.79 Å². The fourth-order valence-electron chi connectivity index (χ4n) is 1.43. The highest BCUT2D eigenvalue weighted by molar-refractivity contribution is 7.89. The van der Waals surface area contributed by atoms with Crippen LogP contribution in [0.5, 0.6) is 0 Å². The quantitative estimate of drug-likeness (QED) is 0.694. The minimum absolute atomic E-state index is 0.133. The van der Waals surface area contributed by atoms with Crippen molar-refractivity contribution < 1.29 is 13.2 Å². The van der Waals surface area contributed by atoms with E-state index in [0.717, 1.165) is 5.69 Å². The second kappa shape index (κ2) is 7.25. The number of rotatable bonds is 7. The molecule has 20 heavy (non-hydrogen) atoms. The molecule has 0 aromatic heterocycles. The summed E-state index contributed by atoms with van der Waals surface area (Å²) in [7, 11) is -1.91. The lowest BCUT2D eigenvalue weighted by Crippen LogP contribution is -2.38. The Labute approximate surface area is 120 Å². The maximum atomic E-state index is 12.0. The molecule has 6 nitrogen and oxygen atoms in total. The Morgan fingerprint density at radius 1 is 1.20 bits per heavy atom. The van der Waals surface area contributed by atoms with Crippen LogP contribution >= 0.6 is 0 Å². The minimum atomic E-state index is -3.66. The molecule has 0 radical (unpaired) electrons. The van der Waals surface area contributed by atoms with Crippen LogP contribution in [0.4, 0.5) is 5.69 Å². The lowest BCUT2D eigenvalue weighted by Gasteiger charge is -2.09. The van der Waals surface area contributed by atoms with E-state index in [1.807, 2.05) is 13.8 Å². The molecule has 0 unspecified atom stereocenters. The first-order valence-electron chi connectivity index (χ1n) is 6.39. The first-order valence-corrected chi connectivity index (χ1v) is 7.87. The molecule has 0 saturated carbocycles. The van der Waals surface area contributed by atoms with Crippen molar-refractivity contribution in [1.29, 1.82) is 0 Å². The average Bonchev–Trinajstić information content (AvgIpc) is 2.43. The van der Waals surface area contributed by atoms with Gasteiger partial charge in [-0.15, -0.1) is 0 Å². The van der Waals surface area contributed by atoms with E-state index >= 15 is 0 Å². The van der Waals surface area contributed by atoms with Crippen LogP contribution in [0, 0.1) is 5.92 Å². The number of hydrogen-bond acceptors (Lipinski definition) is 4. The van der Waals surface area contributed by atoms with Gasteiger partial charge in [-0.25, -0.2) is 13.1 Å². The van der Waals surface area contributed by atoms with Crippen molar-refractivity contribution in [3.63, 3.8) is 0 Å². The fraction of sp³-hybridized carbons (Fsp3) is 0.462. The van der Waals surface area contributed by atoms with Crippen molar-refractivity contribution in [2.75, 3.05) is 25.5 Å². The van der Waals surface area contributed by atoms with Crippen LogP contribution in [0.25, 0.3) is 0 Å². The van der Waals surface area contributed by atoms with Gasteiger partial charge in [0.05, 0.1) is 11.4 Å². The summed E-state index contributed by atoms with van der Waals surface area (Å²) in [6.07, 6.45) is 0. The average molecular weight is 299 g/mol. The van der Waals surface area contributed by atoms with Gasteiger partial charge in [0.2, 0.25) is 15.9 Å². The zero-order valence-electron chi connectivity index (χ0n) is 11.9. The predicted octanol–water partition coefficient (Wildman–Crippen LogP) is 0.779. The molecule has 3 N–H and O–H groups in total. The Balaban J connectivity index is 2.58. The van der Waals surface area contributed by atoms with Gasteiger partial charge in [-0.2, -0.15) is 0 Å². The van der Waals surface area contributed by atoms with Crippen LogP contribution in [-0.2, 0) is 14.8 Å². The van der Waals surface area contributed by atoms with Gasteiger partial charge in [-0.1, -0.05) is 13.8 Å². The van der Waals surface area contributed by atoms with E-state index in [0.29, 0.717) is 12.5 Å². The zero-order chi connectivity index (χ0) is 15.2. The van der Waals surface area contributed by atoms with Gasteiger partial charge in [0.25, 0.3) is 0 Å². The number of hydrogen-bond donors (Lipinski definition) is 3. The zero-order valence-corrected chi connectivity index (χ0v) is 12.8. The van der Waals surface area contributed by atoms with Crippen LogP contribution in [0.1, 0.15) is 13.8 Å². The lowest BCUT2D eigenvalue weighted by molar-refractivity contribution is -0.120. The van der Waals surface area contributed by atoms with Crippen LogP contribution in [0.2, 0.25) is 0 Å². The molecule has 1 aromatic rings. The molecule has 0 aliphatic rings. The van der Waals surface area contributed by atoms with Crippen molar-refractivity contribution >= 4 is 21.6 Å². The van der Waals surface area contributed by atoms with Gasteiger partial charge in [0, 0.05) is 19.3 Å². The second-order valence-electron chi connectivity index (χ2n) is 4.80. The van der Waals surface area contributed by atoms with Crippen LogP contribution in [0.3, 0.4) is 0 Å². The number of carbonyl (C=O) groups is 1. The Morgan fingerprint density at radius 3 is 2.30 bits per heavy atom. The summed E-state index contributed by atoms with van der Waals surface area (Å²) in [6, 6.07) is 6.29. The highest BCUT2D eigenvalue weighted by Crippen LogP contribution is 2.12. The molecule has 0 bridgehead atoms. The Bertz CT molecular complexity index is 538. The summed E-state index contributed by atoms with van der Waals surface area (Å²) >= 11 is 0. The van der Waals surface area contributed by atoms with E-state index in [-0.39, 0.29) is 17.3 Å². The summed E-state index contributed by atoms with van der Waals surface area (Å²) in [4.78, 5) is 11.6. The normalized spacial score (nSPS) is 11.4. The van der Waals surface area contributed by atoms with Gasteiger partial charge >= 0.3 is 0 Å². The van der Waals surface area contributed by atoms with Crippen molar-refractivity contribution in [3.05, 3.63) is 24.3 Å². The van der Waals surface area contributed by atoms with E-state index in [1.165, 1.54) is 12.1 Å². The number of benzene rings is 1. The van der Waals surface area contributed by atoms with Crippen molar-refractivity contribution in [1.82, 2.24) is 10.0 Å². The topological polar surface area (TPSA) is 87.3 Å². The van der Waals surface area contributed by atoms with Crippen molar-refractivity contribution in [2.24, 2.45) is 5.92 Å². The second-order valence-corrected chi connectivity index (χ2v) is 6.56. The molecule has 1 aromatic carbocycles. The van der Waals surface area contributed by atoms with E-state index in [1.54, 1.807) is 19.2 Å². The third-order valence-electron chi connectivity index (χ3n) is 2.58. The third kappa shape index (κ3) is 5.18. The molecule has 0 heterocycles. The predicted molar refractivity (Wildman–Crippen MR) is 79.0 cm³/mol. The number of amides is 1. The van der Waals surface area contributed by atoms with E-state index in [9.17, 15) is 13.2 Å². The lowest BCUT2D eigenvalue weighted by atomic mass is 10.2. The van der Waals surface area contributed by atoms with E-state index in [4.69, 9.17) is 0 Å². The molecular formula is C13H21N3O3S. The van der Waals surface area contributed by atoms with Crippen LogP contribution < -0.4 is 15.4 Å². The molecule has 1 rings (SSSR count). The van der Waals surface area contributed by atoms with E-state index < -0.39 is 10.0 Å². The van der Waals surface area contributed by atoms with Crippen molar-refractivity contribution in [2.45, 2.75) is 18.7 Å². The van der Waals surface area contributed by atoms with Crippen molar-refractivity contribution in [3.8, 4) is 0 Å². The molecule has 1 amide bonds. The summed E-state index contributed by atoms with van der Waals surface area (Å²) in [5, 5.41) is 5.55. The van der Waals surface area contributed by atoms with Crippen LogP contribution in [-0.4, -0.2) is 34.5 Å².